The van der Waals surface area contributed by atoms with Crippen molar-refractivity contribution in [3.63, 3.8) is 0 Å². The molecule has 0 saturated carbocycles. The summed E-state index contributed by atoms with van der Waals surface area (Å²) >= 11 is 1.45. The lowest BCUT2D eigenvalue weighted by Gasteiger charge is -2.01. The van der Waals surface area contributed by atoms with Crippen molar-refractivity contribution in [1.82, 2.24) is 15.3 Å². The van der Waals surface area contributed by atoms with E-state index in [1.54, 1.807) is 12.4 Å². The van der Waals surface area contributed by atoms with Gasteiger partial charge in [0.15, 0.2) is 0 Å². The number of hydrogen-bond donors (Lipinski definition) is 2. The van der Waals surface area contributed by atoms with E-state index in [9.17, 15) is 4.79 Å². The third-order valence-corrected chi connectivity index (χ3v) is 3.05. The number of nitrogens with zero attached hydrogens (tertiary/aromatic N) is 1. The Balaban J connectivity index is 1.96. The first-order valence-corrected chi connectivity index (χ1v) is 5.46. The number of nitrogens with one attached hydrogen (secondary N) is 2. The van der Waals surface area contributed by atoms with Crippen LogP contribution in [0.1, 0.15) is 21.1 Å². The van der Waals surface area contributed by atoms with Crippen molar-refractivity contribution in [2.24, 2.45) is 0 Å². The predicted molar refractivity (Wildman–Crippen MR) is 58.8 cm³/mol. The second-order valence-electron chi connectivity index (χ2n) is 3.15. The number of aryl methyl sites for hydroxylation is 1. The van der Waals surface area contributed by atoms with E-state index >= 15 is 0 Å². The Bertz CT molecular complexity index is 447. The molecule has 0 fully saturated rings. The van der Waals surface area contributed by atoms with E-state index < -0.39 is 0 Å². The topological polar surface area (TPSA) is 57.8 Å². The molecule has 78 valence electrons. The van der Waals surface area contributed by atoms with Gasteiger partial charge < -0.3 is 10.3 Å². The van der Waals surface area contributed by atoms with Crippen LogP contribution < -0.4 is 5.32 Å². The fourth-order valence-corrected chi connectivity index (χ4v) is 2.09. The summed E-state index contributed by atoms with van der Waals surface area (Å²) in [7, 11) is 0. The first kappa shape index (κ1) is 9.92. The number of carbonyl (C=O) groups excluding carboxylic acids is 1. The summed E-state index contributed by atoms with van der Waals surface area (Å²) in [6.07, 6.45) is 3.40. The Morgan fingerprint density at radius 3 is 3.13 bits per heavy atom. The van der Waals surface area contributed by atoms with E-state index in [1.165, 1.54) is 11.3 Å². The Labute approximate surface area is 91.4 Å². The summed E-state index contributed by atoms with van der Waals surface area (Å²) in [4.78, 5) is 19.4. The van der Waals surface area contributed by atoms with Gasteiger partial charge in [-0.2, -0.15) is 0 Å². The highest BCUT2D eigenvalue weighted by Gasteiger charge is 2.09. The van der Waals surface area contributed by atoms with Gasteiger partial charge in [-0.05, 0) is 23.9 Å². The van der Waals surface area contributed by atoms with Crippen molar-refractivity contribution in [2.45, 2.75) is 13.5 Å². The molecule has 2 aromatic heterocycles. The molecule has 0 saturated heterocycles. The van der Waals surface area contributed by atoms with Gasteiger partial charge >= 0.3 is 0 Å². The van der Waals surface area contributed by atoms with Crippen LogP contribution in [-0.4, -0.2) is 15.9 Å². The Hall–Kier alpha value is -1.62. The predicted octanol–water partition coefficient (Wildman–Crippen LogP) is 1.71. The SMILES string of the molecule is Cc1ccsc1C(=O)NCc1ncc[nH]1. The molecule has 2 aromatic rings. The van der Waals surface area contributed by atoms with Crippen LogP contribution in [-0.2, 0) is 6.54 Å². The standard InChI is InChI=1S/C10H11N3OS/c1-7-2-5-15-9(7)10(14)13-6-8-11-3-4-12-8/h2-5H,6H2,1H3,(H,11,12)(H,13,14). The summed E-state index contributed by atoms with van der Waals surface area (Å²) in [6.45, 7) is 2.36. The number of amides is 1. The third-order valence-electron chi connectivity index (χ3n) is 2.04. The molecule has 0 aliphatic heterocycles. The summed E-state index contributed by atoms with van der Waals surface area (Å²) in [5.74, 6) is 0.719. The minimum atomic E-state index is -0.0427. The Morgan fingerprint density at radius 2 is 2.53 bits per heavy atom. The summed E-state index contributed by atoms with van der Waals surface area (Å²) in [6, 6.07) is 1.94. The van der Waals surface area contributed by atoms with E-state index in [2.05, 4.69) is 15.3 Å². The zero-order valence-electron chi connectivity index (χ0n) is 8.28. The van der Waals surface area contributed by atoms with Gasteiger partial charge in [0.05, 0.1) is 11.4 Å². The van der Waals surface area contributed by atoms with Crippen molar-refractivity contribution >= 4 is 17.2 Å². The lowest BCUT2D eigenvalue weighted by atomic mass is 10.3. The number of thiophene rings is 1. The molecule has 0 aliphatic carbocycles. The van der Waals surface area contributed by atoms with Crippen LogP contribution in [0.2, 0.25) is 0 Å². The Morgan fingerprint density at radius 1 is 1.67 bits per heavy atom. The molecule has 0 radical (unpaired) electrons. The number of aromatic amines is 1. The smallest absolute Gasteiger partial charge is 0.261 e. The fraction of sp³-hybridized carbons (Fsp3) is 0.200. The monoisotopic (exact) mass is 221 g/mol. The molecule has 2 N–H and O–H groups in total. The second kappa shape index (κ2) is 4.27. The van der Waals surface area contributed by atoms with Gasteiger partial charge in [-0.15, -0.1) is 11.3 Å². The van der Waals surface area contributed by atoms with Crippen LogP contribution in [0.5, 0.6) is 0 Å². The molecule has 0 aromatic carbocycles. The number of rotatable bonds is 3. The Kier molecular flexibility index (Phi) is 2.82. The first-order chi connectivity index (χ1) is 7.27. The maximum absolute atomic E-state index is 11.7. The van der Waals surface area contributed by atoms with Crippen LogP contribution >= 0.6 is 11.3 Å². The molecule has 0 unspecified atom stereocenters. The molecule has 5 heteroatoms. The lowest BCUT2D eigenvalue weighted by Crippen LogP contribution is -2.23. The van der Waals surface area contributed by atoms with E-state index in [4.69, 9.17) is 0 Å². The number of carbonyl (C=O) groups is 1. The zero-order chi connectivity index (χ0) is 10.7. The second-order valence-corrected chi connectivity index (χ2v) is 4.07. The van der Waals surface area contributed by atoms with Crippen LogP contribution in [0.4, 0.5) is 0 Å². The molecule has 15 heavy (non-hydrogen) atoms. The largest absolute Gasteiger partial charge is 0.347 e. The number of imidazole rings is 1. The van der Waals surface area contributed by atoms with Crippen molar-refractivity contribution in [1.29, 1.82) is 0 Å². The van der Waals surface area contributed by atoms with E-state index in [0.717, 1.165) is 16.3 Å². The van der Waals surface area contributed by atoms with Gasteiger partial charge in [-0.1, -0.05) is 0 Å². The van der Waals surface area contributed by atoms with Crippen LogP contribution in [0.15, 0.2) is 23.8 Å². The van der Waals surface area contributed by atoms with Crippen LogP contribution in [0.3, 0.4) is 0 Å². The highest BCUT2D eigenvalue weighted by molar-refractivity contribution is 7.12. The average Bonchev–Trinajstić information content (AvgIpc) is 2.84. The van der Waals surface area contributed by atoms with Gasteiger partial charge in [0.25, 0.3) is 5.91 Å². The quantitative estimate of drug-likeness (QED) is 0.829. The van der Waals surface area contributed by atoms with Gasteiger partial charge in [0.1, 0.15) is 5.82 Å². The fourth-order valence-electron chi connectivity index (χ4n) is 1.24. The highest BCUT2D eigenvalue weighted by Crippen LogP contribution is 2.14. The average molecular weight is 221 g/mol. The minimum Gasteiger partial charge on any atom is -0.347 e. The molecule has 2 heterocycles. The number of hydrogen-bond acceptors (Lipinski definition) is 3. The number of aromatic nitrogens is 2. The van der Waals surface area contributed by atoms with Crippen molar-refractivity contribution < 1.29 is 4.79 Å². The van der Waals surface area contributed by atoms with E-state index in [1.807, 2.05) is 18.4 Å². The maximum Gasteiger partial charge on any atom is 0.261 e. The summed E-state index contributed by atoms with van der Waals surface area (Å²) in [5.41, 5.74) is 1.01. The summed E-state index contributed by atoms with van der Waals surface area (Å²) in [5, 5.41) is 4.72. The molecule has 0 spiro atoms. The molecular weight excluding hydrogens is 210 g/mol. The zero-order valence-corrected chi connectivity index (χ0v) is 9.10. The van der Waals surface area contributed by atoms with Crippen molar-refractivity contribution in [3.05, 3.63) is 40.1 Å². The normalized spacial score (nSPS) is 10.2. The molecule has 1 amide bonds. The third kappa shape index (κ3) is 2.24. The van der Waals surface area contributed by atoms with E-state index in [0.29, 0.717) is 6.54 Å². The maximum atomic E-state index is 11.7. The van der Waals surface area contributed by atoms with Gasteiger partial charge in [-0.3, -0.25) is 4.79 Å². The first-order valence-electron chi connectivity index (χ1n) is 4.58. The van der Waals surface area contributed by atoms with Crippen LogP contribution in [0, 0.1) is 6.92 Å². The van der Waals surface area contributed by atoms with Gasteiger partial charge in [0, 0.05) is 12.4 Å². The van der Waals surface area contributed by atoms with Crippen molar-refractivity contribution in [3.8, 4) is 0 Å². The highest BCUT2D eigenvalue weighted by atomic mass is 32.1. The summed E-state index contributed by atoms with van der Waals surface area (Å²) < 4.78 is 0. The number of H-pyrrole nitrogens is 1. The van der Waals surface area contributed by atoms with Gasteiger partial charge in [-0.25, -0.2) is 4.98 Å². The minimum absolute atomic E-state index is 0.0427. The van der Waals surface area contributed by atoms with Crippen LogP contribution in [0.25, 0.3) is 0 Å². The van der Waals surface area contributed by atoms with Gasteiger partial charge in [0.2, 0.25) is 0 Å². The molecular formula is C10H11N3OS. The molecule has 4 nitrogen and oxygen atoms in total. The molecule has 0 aliphatic rings. The molecule has 2 rings (SSSR count). The van der Waals surface area contributed by atoms with E-state index in [-0.39, 0.29) is 5.91 Å². The lowest BCUT2D eigenvalue weighted by molar-refractivity contribution is 0.0953. The molecule has 0 bridgehead atoms. The molecule has 0 atom stereocenters. The van der Waals surface area contributed by atoms with Crippen molar-refractivity contribution in [2.75, 3.05) is 0 Å².